The number of aromatic nitrogens is 1. The van der Waals surface area contributed by atoms with Gasteiger partial charge in [-0.05, 0) is 6.07 Å². The molecular weight excluding hydrogens is 190 g/mol. The maximum Gasteiger partial charge on any atom is 0.213 e. The molecule has 0 unspecified atom stereocenters. The van der Waals surface area contributed by atoms with Gasteiger partial charge in [0.05, 0.1) is 45.2 Å². The van der Waals surface area contributed by atoms with Crippen molar-refractivity contribution in [3.63, 3.8) is 0 Å². The van der Waals surface area contributed by atoms with Gasteiger partial charge < -0.3 is 14.5 Å². The van der Waals surface area contributed by atoms with Crippen molar-refractivity contribution < 1.29 is 9.64 Å². The standard InChI is InChI=1S/C11H17N3O/c1-13-5-7-14(8-6-13)10-3-4-11(15-2)12-9-10/h3-4,9,13H,1,5-8H2,2H3. The molecule has 15 heavy (non-hydrogen) atoms. The maximum absolute atomic E-state index is 5.03. The second kappa shape index (κ2) is 4.49. The van der Waals surface area contributed by atoms with Crippen LogP contribution < -0.4 is 14.5 Å². The molecule has 0 spiro atoms. The predicted molar refractivity (Wildman–Crippen MR) is 59.1 cm³/mol. The summed E-state index contributed by atoms with van der Waals surface area (Å²) in [6.45, 7) is 4.28. The number of methoxy groups -OCH3 is 1. The molecule has 1 N–H and O–H groups in total. The Morgan fingerprint density at radius 3 is 2.67 bits per heavy atom. The fourth-order valence-corrected chi connectivity index (χ4v) is 1.76. The van der Waals surface area contributed by atoms with E-state index in [9.17, 15) is 0 Å². The Hall–Kier alpha value is -1.29. The Labute approximate surface area is 90.5 Å². The highest BCUT2D eigenvalue weighted by atomic mass is 16.5. The highest BCUT2D eigenvalue weighted by Gasteiger charge is 2.14. The summed E-state index contributed by atoms with van der Waals surface area (Å²) in [7, 11) is 5.64. The monoisotopic (exact) mass is 207 g/mol. The van der Waals surface area contributed by atoms with E-state index in [-0.39, 0.29) is 0 Å². The van der Waals surface area contributed by atoms with Crippen LogP contribution in [0.25, 0.3) is 0 Å². The molecule has 4 nitrogen and oxygen atoms in total. The summed E-state index contributed by atoms with van der Waals surface area (Å²) in [6.07, 6.45) is 1.87. The first-order valence-electron chi connectivity index (χ1n) is 5.21. The highest BCUT2D eigenvalue weighted by Crippen LogP contribution is 2.15. The summed E-state index contributed by atoms with van der Waals surface area (Å²) < 4.78 is 5.03. The first-order valence-corrected chi connectivity index (χ1v) is 5.21. The van der Waals surface area contributed by atoms with Crippen molar-refractivity contribution in [2.75, 3.05) is 38.2 Å². The molecule has 1 aromatic rings. The summed E-state index contributed by atoms with van der Waals surface area (Å²) >= 11 is 0. The molecule has 0 saturated carbocycles. The lowest BCUT2D eigenvalue weighted by atomic mass is 10.3. The van der Waals surface area contributed by atoms with Crippen LogP contribution in [-0.4, -0.2) is 38.3 Å². The van der Waals surface area contributed by atoms with Gasteiger partial charge in [-0.1, -0.05) is 0 Å². The van der Waals surface area contributed by atoms with Crippen molar-refractivity contribution in [3.05, 3.63) is 25.4 Å². The fourth-order valence-electron chi connectivity index (χ4n) is 1.76. The van der Waals surface area contributed by atoms with E-state index in [0.717, 1.165) is 26.2 Å². The number of nitrogens with one attached hydrogen (secondary N) is 1. The van der Waals surface area contributed by atoms with Crippen molar-refractivity contribution >= 4 is 5.69 Å². The van der Waals surface area contributed by atoms with E-state index >= 15 is 0 Å². The number of piperazine rings is 1. The topological polar surface area (TPSA) is 29.8 Å². The molecule has 0 bridgehead atoms. The Morgan fingerprint density at radius 1 is 1.40 bits per heavy atom. The average Bonchev–Trinajstić information content (AvgIpc) is 2.30. The molecule has 1 aliphatic heterocycles. The highest BCUT2D eigenvalue weighted by molar-refractivity contribution is 5.45. The quantitative estimate of drug-likeness (QED) is 0.668. The van der Waals surface area contributed by atoms with Crippen LogP contribution >= 0.6 is 0 Å². The van der Waals surface area contributed by atoms with E-state index in [1.165, 1.54) is 10.6 Å². The number of nitrogens with zero attached hydrogens (tertiary/aromatic N) is 2. The molecule has 1 fully saturated rings. The van der Waals surface area contributed by atoms with E-state index in [4.69, 9.17) is 4.74 Å². The van der Waals surface area contributed by atoms with Gasteiger partial charge in [0.15, 0.2) is 0 Å². The third-order valence-corrected chi connectivity index (χ3v) is 2.77. The molecular formula is C11H17N3O. The molecule has 0 radical (unpaired) electrons. The minimum absolute atomic E-state index is 0.667. The van der Waals surface area contributed by atoms with Crippen molar-refractivity contribution in [2.24, 2.45) is 0 Å². The van der Waals surface area contributed by atoms with Crippen molar-refractivity contribution in [3.8, 4) is 5.88 Å². The third-order valence-electron chi connectivity index (χ3n) is 2.77. The van der Waals surface area contributed by atoms with Crippen LogP contribution in [0.2, 0.25) is 0 Å². The van der Waals surface area contributed by atoms with Gasteiger partial charge in [-0.15, -0.1) is 0 Å². The van der Waals surface area contributed by atoms with Gasteiger partial charge in [0, 0.05) is 6.07 Å². The van der Waals surface area contributed by atoms with Gasteiger partial charge in [0.25, 0.3) is 0 Å². The summed E-state index contributed by atoms with van der Waals surface area (Å²) in [5.41, 5.74) is 1.17. The fraction of sp³-hybridized carbons (Fsp3) is 0.455. The van der Waals surface area contributed by atoms with E-state index < -0.39 is 0 Å². The smallest absolute Gasteiger partial charge is 0.213 e. The summed E-state index contributed by atoms with van der Waals surface area (Å²) in [6, 6.07) is 3.96. The summed E-state index contributed by atoms with van der Waals surface area (Å²) in [5.74, 6) is 0.667. The predicted octanol–water partition coefficient (Wildman–Crippen LogP) is -0.413. The molecule has 2 heterocycles. The van der Waals surface area contributed by atoms with Gasteiger partial charge in [0.2, 0.25) is 5.88 Å². The first kappa shape index (κ1) is 10.2. The van der Waals surface area contributed by atoms with Crippen LogP contribution in [0.5, 0.6) is 5.88 Å². The van der Waals surface area contributed by atoms with Crippen LogP contribution in [0, 0.1) is 7.05 Å². The first-order chi connectivity index (χ1) is 7.29. The molecule has 0 aromatic carbocycles. The maximum atomic E-state index is 5.03. The van der Waals surface area contributed by atoms with Gasteiger partial charge in [-0.25, -0.2) is 4.98 Å². The molecule has 4 heteroatoms. The number of rotatable bonds is 2. The van der Waals surface area contributed by atoms with E-state index in [1.807, 2.05) is 12.3 Å². The molecule has 1 aromatic heterocycles. The lowest BCUT2D eigenvalue weighted by molar-refractivity contribution is -0.854. The van der Waals surface area contributed by atoms with Gasteiger partial charge in [-0.3, -0.25) is 0 Å². The van der Waals surface area contributed by atoms with Gasteiger partial charge in [0.1, 0.15) is 0 Å². The normalized spacial score (nSPS) is 17.9. The summed E-state index contributed by atoms with van der Waals surface area (Å²) in [5, 5.41) is 0. The number of hydrogen-bond acceptors (Lipinski definition) is 3. The zero-order chi connectivity index (χ0) is 10.7. The van der Waals surface area contributed by atoms with Gasteiger partial charge in [-0.2, -0.15) is 7.05 Å². The van der Waals surface area contributed by atoms with Crippen molar-refractivity contribution in [1.29, 1.82) is 0 Å². The molecule has 1 saturated heterocycles. The number of quaternary nitrogens is 1. The number of hydrogen-bond donors (Lipinski definition) is 1. The molecule has 1 aliphatic rings. The van der Waals surface area contributed by atoms with Crippen molar-refractivity contribution in [2.45, 2.75) is 0 Å². The molecule has 0 aliphatic carbocycles. The number of pyridine rings is 1. The van der Waals surface area contributed by atoms with Crippen LogP contribution in [0.4, 0.5) is 5.69 Å². The third kappa shape index (κ3) is 2.39. The van der Waals surface area contributed by atoms with Crippen LogP contribution in [0.15, 0.2) is 18.3 Å². The second-order valence-electron chi connectivity index (χ2n) is 3.80. The summed E-state index contributed by atoms with van der Waals surface area (Å²) in [4.78, 5) is 7.89. The lowest BCUT2D eigenvalue weighted by Gasteiger charge is -2.35. The lowest BCUT2D eigenvalue weighted by Crippen LogP contribution is -3.10. The SMILES string of the molecule is [CH2-][NH+]1CCN(c2ccc(OC)nc2)CC1. The van der Waals surface area contributed by atoms with Crippen molar-refractivity contribution in [1.82, 2.24) is 4.98 Å². The zero-order valence-corrected chi connectivity index (χ0v) is 9.07. The van der Waals surface area contributed by atoms with Crippen LogP contribution in [-0.2, 0) is 0 Å². The number of ether oxygens (including phenoxy) is 1. The average molecular weight is 207 g/mol. The Kier molecular flexibility index (Phi) is 3.06. The minimum atomic E-state index is 0.667. The molecule has 0 amide bonds. The van der Waals surface area contributed by atoms with Crippen LogP contribution in [0.1, 0.15) is 0 Å². The largest absolute Gasteiger partial charge is 0.481 e. The van der Waals surface area contributed by atoms with E-state index in [1.54, 1.807) is 7.11 Å². The number of anilines is 1. The zero-order valence-electron chi connectivity index (χ0n) is 9.07. The molecule has 2 rings (SSSR count). The Balaban J connectivity index is 2.03. The Morgan fingerprint density at radius 2 is 2.13 bits per heavy atom. The molecule has 82 valence electrons. The van der Waals surface area contributed by atoms with Crippen LogP contribution in [0.3, 0.4) is 0 Å². The Bertz CT molecular complexity index is 304. The molecule has 0 atom stereocenters. The van der Waals surface area contributed by atoms with E-state index in [0.29, 0.717) is 5.88 Å². The van der Waals surface area contributed by atoms with Gasteiger partial charge >= 0.3 is 0 Å². The second-order valence-corrected chi connectivity index (χ2v) is 3.80. The van der Waals surface area contributed by atoms with E-state index in [2.05, 4.69) is 23.0 Å². The minimum Gasteiger partial charge on any atom is -0.481 e.